The van der Waals surface area contributed by atoms with Crippen molar-refractivity contribution in [1.29, 1.82) is 0 Å². The molecule has 0 saturated carbocycles. The number of halogens is 1. The Morgan fingerprint density at radius 2 is 2.00 bits per heavy atom. The Morgan fingerprint density at radius 3 is 2.68 bits per heavy atom. The lowest BCUT2D eigenvalue weighted by Gasteiger charge is -2.34. The number of methoxy groups -OCH3 is 2. The molecule has 0 radical (unpaired) electrons. The molecule has 0 spiro atoms. The summed E-state index contributed by atoms with van der Waals surface area (Å²) < 4.78 is 10.9. The third-order valence-corrected chi connectivity index (χ3v) is 5.55. The van der Waals surface area contributed by atoms with Gasteiger partial charge in [-0.25, -0.2) is 0 Å². The van der Waals surface area contributed by atoms with E-state index >= 15 is 0 Å². The number of hydrogen-bond donors (Lipinski definition) is 2. The smallest absolute Gasteiger partial charge is 0.253 e. The van der Waals surface area contributed by atoms with Gasteiger partial charge in [0.1, 0.15) is 6.04 Å². The highest BCUT2D eigenvalue weighted by atomic mass is 35.5. The van der Waals surface area contributed by atoms with Gasteiger partial charge in [0, 0.05) is 12.0 Å². The molecule has 2 aromatic carbocycles. The summed E-state index contributed by atoms with van der Waals surface area (Å²) in [5.74, 6) is 1.26. The van der Waals surface area contributed by atoms with Crippen LogP contribution in [0.3, 0.4) is 0 Å². The van der Waals surface area contributed by atoms with Gasteiger partial charge in [-0.15, -0.1) is 0 Å². The van der Waals surface area contributed by atoms with Crippen LogP contribution in [0.15, 0.2) is 49.1 Å². The van der Waals surface area contributed by atoms with Crippen LogP contribution < -0.4 is 19.7 Å². The van der Waals surface area contributed by atoms with Gasteiger partial charge in [0.2, 0.25) is 0 Å². The number of nitrogens with one attached hydrogen (secondary N) is 2. The lowest BCUT2D eigenvalue weighted by atomic mass is 9.91. The van der Waals surface area contributed by atoms with Crippen molar-refractivity contribution in [3.63, 3.8) is 0 Å². The number of fused-ring (bicyclic) bond motifs is 1. The van der Waals surface area contributed by atoms with Crippen LogP contribution in [0, 0.1) is 0 Å². The Morgan fingerprint density at radius 1 is 1.29 bits per heavy atom. The maximum Gasteiger partial charge on any atom is 0.253 e. The molecule has 1 aliphatic rings. The average molecular weight is 402 g/mol. The standard InChI is InChI=1S/C22H25ClN2O3/c1-4-10-25-11-9-15-12-20(27-2)21(28-3)13-17(15)19(25)14-24-22(26)16-7-5-6-8-18(16)23/h4-8,12-13,19H,1,9-11,14H2,2-3H3,(H,24,26)/p+1/t19-/m0/s1. The molecule has 148 valence electrons. The molecule has 2 N–H and O–H groups in total. The molecular formula is C22H26ClN2O3+. The molecule has 1 amide bonds. The van der Waals surface area contributed by atoms with E-state index in [1.165, 1.54) is 16.0 Å². The monoisotopic (exact) mass is 401 g/mol. The van der Waals surface area contributed by atoms with Gasteiger partial charge in [-0.05, 0) is 35.9 Å². The predicted octanol–water partition coefficient (Wildman–Crippen LogP) is 2.46. The average Bonchev–Trinajstić information content (AvgIpc) is 2.72. The zero-order valence-electron chi connectivity index (χ0n) is 16.3. The fraction of sp³-hybridized carbons (Fsp3) is 0.318. The number of amides is 1. The van der Waals surface area contributed by atoms with Crippen molar-refractivity contribution in [1.82, 2.24) is 5.32 Å². The van der Waals surface area contributed by atoms with Crippen LogP contribution >= 0.6 is 11.6 Å². The molecule has 0 saturated heterocycles. The summed E-state index contributed by atoms with van der Waals surface area (Å²) in [6, 6.07) is 11.2. The minimum Gasteiger partial charge on any atom is -0.493 e. The second kappa shape index (κ2) is 9.13. The Balaban J connectivity index is 1.87. The van der Waals surface area contributed by atoms with E-state index in [1.807, 2.05) is 30.3 Å². The van der Waals surface area contributed by atoms with Crippen LogP contribution in [0.2, 0.25) is 5.02 Å². The Kier molecular flexibility index (Phi) is 6.60. The molecule has 0 aliphatic carbocycles. The first-order valence-electron chi connectivity index (χ1n) is 9.32. The molecule has 0 fully saturated rings. The molecule has 2 atom stereocenters. The van der Waals surface area contributed by atoms with Crippen LogP contribution in [0.1, 0.15) is 27.5 Å². The van der Waals surface area contributed by atoms with Gasteiger partial charge in [0.05, 0.1) is 44.4 Å². The van der Waals surface area contributed by atoms with Crippen molar-refractivity contribution in [3.05, 3.63) is 70.8 Å². The van der Waals surface area contributed by atoms with Gasteiger partial charge in [-0.1, -0.05) is 30.3 Å². The van der Waals surface area contributed by atoms with E-state index in [4.69, 9.17) is 21.1 Å². The van der Waals surface area contributed by atoms with Crippen LogP contribution in [0.5, 0.6) is 11.5 Å². The highest BCUT2D eigenvalue weighted by Gasteiger charge is 2.32. The van der Waals surface area contributed by atoms with Crippen molar-refractivity contribution in [2.24, 2.45) is 0 Å². The summed E-state index contributed by atoms with van der Waals surface area (Å²) in [7, 11) is 3.28. The quantitative estimate of drug-likeness (QED) is 0.701. The first-order valence-corrected chi connectivity index (χ1v) is 9.69. The summed E-state index contributed by atoms with van der Waals surface area (Å²) in [4.78, 5) is 14.0. The zero-order valence-corrected chi connectivity index (χ0v) is 17.0. The van der Waals surface area contributed by atoms with E-state index in [0.717, 1.165) is 25.3 Å². The number of hydrogen-bond acceptors (Lipinski definition) is 3. The largest absolute Gasteiger partial charge is 0.493 e. The Hall–Kier alpha value is -2.50. The van der Waals surface area contributed by atoms with Crippen LogP contribution in [-0.2, 0) is 6.42 Å². The van der Waals surface area contributed by atoms with Crippen LogP contribution in [0.25, 0.3) is 0 Å². The minimum atomic E-state index is -0.170. The molecule has 28 heavy (non-hydrogen) atoms. The maximum atomic E-state index is 12.6. The number of rotatable bonds is 7. The first-order chi connectivity index (χ1) is 13.6. The number of benzene rings is 2. The molecule has 5 nitrogen and oxygen atoms in total. The second-order valence-corrected chi connectivity index (χ2v) is 7.21. The van der Waals surface area contributed by atoms with E-state index in [9.17, 15) is 4.79 Å². The van der Waals surface area contributed by atoms with Crippen molar-refractivity contribution in [2.75, 3.05) is 33.9 Å². The van der Waals surface area contributed by atoms with Gasteiger partial charge in [0.25, 0.3) is 5.91 Å². The van der Waals surface area contributed by atoms with Crippen molar-refractivity contribution in [2.45, 2.75) is 12.5 Å². The summed E-state index contributed by atoms with van der Waals surface area (Å²) in [6.07, 6.45) is 2.86. The van der Waals surface area contributed by atoms with Crippen molar-refractivity contribution >= 4 is 17.5 Å². The minimum absolute atomic E-state index is 0.0907. The maximum absolute atomic E-state index is 12.6. The molecule has 1 unspecified atom stereocenters. The predicted molar refractivity (Wildman–Crippen MR) is 111 cm³/mol. The zero-order chi connectivity index (χ0) is 20.1. The van der Waals surface area contributed by atoms with E-state index < -0.39 is 0 Å². The molecule has 3 rings (SSSR count). The molecule has 1 aliphatic heterocycles. The van der Waals surface area contributed by atoms with Crippen LogP contribution in [-0.4, -0.2) is 39.8 Å². The van der Waals surface area contributed by atoms with Gasteiger partial charge in [-0.2, -0.15) is 0 Å². The van der Waals surface area contributed by atoms with Gasteiger partial charge in [-0.3, -0.25) is 4.79 Å². The topological polar surface area (TPSA) is 52.0 Å². The number of ether oxygens (including phenoxy) is 2. The van der Waals surface area contributed by atoms with E-state index in [2.05, 4.69) is 11.9 Å². The molecule has 0 bridgehead atoms. The summed E-state index contributed by atoms with van der Waals surface area (Å²) in [5.41, 5.74) is 2.88. The van der Waals surface area contributed by atoms with Crippen molar-refractivity contribution < 1.29 is 19.2 Å². The summed E-state index contributed by atoms with van der Waals surface area (Å²) in [6.45, 7) is 6.17. The molecular weight excluding hydrogens is 376 g/mol. The lowest BCUT2D eigenvalue weighted by Crippen LogP contribution is -3.13. The summed E-state index contributed by atoms with van der Waals surface area (Å²) >= 11 is 6.16. The van der Waals surface area contributed by atoms with Crippen molar-refractivity contribution in [3.8, 4) is 11.5 Å². The number of carbonyl (C=O) groups excluding carboxylic acids is 1. The summed E-state index contributed by atoms with van der Waals surface area (Å²) in [5, 5.41) is 3.50. The molecule has 2 aromatic rings. The number of quaternary nitrogens is 1. The normalized spacial score (nSPS) is 18.1. The Labute approximate surface area is 170 Å². The lowest BCUT2D eigenvalue weighted by molar-refractivity contribution is -0.927. The highest BCUT2D eigenvalue weighted by molar-refractivity contribution is 6.33. The molecule has 6 heteroatoms. The van der Waals surface area contributed by atoms with Gasteiger partial charge < -0.3 is 19.7 Å². The van der Waals surface area contributed by atoms with Crippen LogP contribution in [0.4, 0.5) is 0 Å². The highest BCUT2D eigenvalue weighted by Crippen LogP contribution is 2.34. The first kappa shape index (κ1) is 20.2. The Bertz CT molecular complexity index is 869. The van der Waals surface area contributed by atoms with Gasteiger partial charge >= 0.3 is 0 Å². The molecule has 1 heterocycles. The number of carbonyl (C=O) groups is 1. The third kappa shape index (κ3) is 4.16. The molecule has 0 aromatic heterocycles. The van der Waals surface area contributed by atoms with E-state index in [-0.39, 0.29) is 11.9 Å². The van der Waals surface area contributed by atoms with E-state index in [0.29, 0.717) is 22.9 Å². The van der Waals surface area contributed by atoms with Gasteiger partial charge in [0.15, 0.2) is 11.5 Å². The SMILES string of the molecule is C=CC[NH+]1CCc2cc(OC)c(OC)cc2[C@@H]1CNC(=O)c1ccccc1Cl. The van der Waals surface area contributed by atoms with E-state index in [1.54, 1.807) is 26.4 Å². The fourth-order valence-corrected chi connectivity index (χ4v) is 4.01. The fourth-order valence-electron chi connectivity index (χ4n) is 3.79. The second-order valence-electron chi connectivity index (χ2n) is 6.80. The third-order valence-electron chi connectivity index (χ3n) is 5.22.